The molecule has 2 atom stereocenters. The smallest absolute Gasteiger partial charge is 0.506 e. The fraction of sp³-hybridized carbons (Fsp3) is 0.500. The Hall–Kier alpha value is -1.55. The number of hydrogen-bond acceptors (Lipinski definition) is 5. The molecule has 5 heteroatoms. The summed E-state index contributed by atoms with van der Waals surface area (Å²) in [5.41, 5.74) is 0.606. The molecule has 1 saturated heterocycles. The standard InChI is InChI=1S/C12H15N3O2/c16-8-11-9(13-5-2-6-15-11)7-10-12(17)3-1-4-14-10/h1,3-4,9,11,13,15H,2,5-7H2/p+1. The number of pyridine rings is 1. The molecule has 1 fully saturated rings. The van der Waals surface area contributed by atoms with E-state index >= 15 is 0 Å². The van der Waals surface area contributed by atoms with Crippen molar-refractivity contribution in [3.05, 3.63) is 24.0 Å². The molecule has 2 rings (SSSR count). The van der Waals surface area contributed by atoms with Crippen LogP contribution in [0.15, 0.2) is 18.3 Å². The summed E-state index contributed by atoms with van der Waals surface area (Å²) in [5, 5.41) is 16.1. The Labute approximate surface area is 100 Å². The lowest BCUT2D eigenvalue weighted by Gasteiger charge is -2.15. The van der Waals surface area contributed by atoms with E-state index in [0.717, 1.165) is 19.5 Å². The van der Waals surface area contributed by atoms with Crippen LogP contribution < -0.4 is 10.6 Å². The Morgan fingerprint density at radius 3 is 3.06 bits per heavy atom. The molecule has 0 aromatic carbocycles. The summed E-state index contributed by atoms with van der Waals surface area (Å²) in [5.74, 6) is 0.170. The molecule has 0 bridgehead atoms. The highest BCUT2D eigenvalue weighted by atomic mass is 16.3. The molecule has 5 nitrogen and oxygen atoms in total. The van der Waals surface area contributed by atoms with E-state index in [2.05, 4.69) is 15.6 Å². The topological polar surface area (TPSA) is 74.2 Å². The number of nitrogens with one attached hydrogen (secondary N) is 2. The van der Waals surface area contributed by atoms with Crippen LogP contribution in [-0.4, -0.2) is 41.5 Å². The normalized spacial score (nSPS) is 24.9. The summed E-state index contributed by atoms with van der Waals surface area (Å²) in [6, 6.07) is 2.86. The maximum Gasteiger partial charge on any atom is 0.528 e. The SMILES string of the molecule is O=[C+]C1NCCCNC1Cc1ncccc1O. The molecule has 0 saturated carbocycles. The van der Waals surface area contributed by atoms with Gasteiger partial charge in [-0.15, -0.1) is 0 Å². The molecular weight excluding hydrogens is 218 g/mol. The van der Waals surface area contributed by atoms with Gasteiger partial charge in [-0.05, 0) is 25.1 Å². The van der Waals surface area contributed by atoms with Gasteiger partial charge in [-0.1, -0.05) is 0 Å². The van der Waals surface area contributed by atoms with Crippen LogP contribution in [0, 0.1) is 0 Å². The third-order valence-electron chi connectivity index (χ3n) is 2.93. The van der Waals surface area contributed by atoms with Gasteiger partial charge in [0.05, 0.1) is 11.7 Å². The van der Waals surface area contributed by atoms with E-state index in [9.17, 15) is 9.90 Å². The molecule has 2 heterocycles. The zero-order valence-electron chi connectivity index (χ0n) is 9.52. The third kappa shape index (κ3) is 2.97. The van der Waals surface area contributed by atoms with E-state index in [1.165, 1.54) is 0 Å². The molecular formula is C12H16N3O2+. The van der Waals surface area contributed by atoms with Gasteiger partial charge < -0.3 is 10.4 Å². The van der Waals surface area contributed by atoms with E-state index in [1.54, 1.807) is 18.3 Å². The molecule has 2 unspecified atom stereocenters. The number of carbonyl (C=O) groups excluding carboxylic acids is 1. The number of nitrogens with zero attached hydrogens (tertiary/aromatic N) is 1. The maximum atomic E-state index is 10.9. The van der Waals surface area contributed by atoms with Gasteiger partial charge in [0, 0.05) is 24.0 Å². The molecule has 0 spiro atoms. The third-order valence-corrected chi connectivity index (χ3v) is 2.93. The Balaban J connectivity index is 2.10. The fourth-order valence-electron chi connectivity index (χ4n) is 2.00. The summed E-state index contributed by atoms with van der Waals surface area (Å²) in [4.78, 5) is 15.0. The molecule has 17 heavy (non-hydrogen) atoms. The van der Waals surface area contributed by atoms with Crippen molar-refractivity contribution < 1.29 is 9.90 Å². The van der Waals surface area contributed by atoms with Crippen molar-refractivity contribution in [1.29, 1.82) is 0 Å². The first-order valence-electron chi connectivity index (χ1n) is 5.78. The van der Waals surface area contributed by atoms with Crippen LogP contribution in [0.4, 0.5) is 0 Å². The van der Waals surface area contributed by atoms with Crippen molar-refractivity contribution >= 4 is 6.29 Å². The van der Waals surface area contributed by atoms with Crippen LogP contribution in [-0.2, 0) is 11.2 Å². The quantitative estimate of drug-likeness (QED) is 0.629. The summed E-state index contributed by atoms with van der Waals surface area (Å²) in [6.45, 7) is 1.65. The molecule has 1 aromatic rings. The van der Waals surface area contributed by atoms with Gasteiger partial charge in [0.1, 0.15) is 5.75 Å². The van der Waals surface area contributed by atoms with E-state index in [-0.39, 0.29) is 17.8 Å². The summed E-state index contributed by atoms with van der Waals surface area (Å²) in [6.07, 6.45) is 5.13. The predicted octanol–water partition coefficient (Wildman–Crippen LogP) is -0.240. The van der Waals surface area contributed by atoms with Crippen molar-refractivity contribution in [2.45, 2.75) is 24.9 Å². The van der Waals surface area contributed by atoms with Crippen LogP contribution in [0.3, 0.4) is 0 Å². The second kappa shape index (κ2) is 5.68. The minimum Gasteiger partial charge on any atom is -0.506 e. The fourth-order valence-corrected chi connectivity index (χ4v) is 2.00. The van der Waals surface area contributed by atoms with Crippen molar-refractivity contribution in [2.24, 2.45) is 0 Å². The van der Waals surface area contributed by atoms with Crippen LogP contribution in [0.1, 0.15) is 12.1 Å². The molecule has 1 aliphatic rings. The van der Waals surface area contributed by atoms with Gasteiger partial charge in [0.15, 0.2) is 0 Å². The van der Waals surface area contributed by atoms with Crippen LogP contribution >= 0.6 is 0 Å². The van der Waals surface area contributed by atoms with Crippen molar-refractivity contribution in [1.82, 2.24) is 15.6 Å². The first-order valence-corrected chi connectivity index (χ1v) is 5.78. The Morgan fingerprint density at radius 1 is 1.47 bits per heavy atom. The van der Waals surface area contributed by atoms with Gasteiger partial charge in [-0.25, -0.2) is 0 Å². The zero-order chi connectivity index (χ0) is 12.1. The molecule has 1 aliphatic heterocycles. The number of aromatic nitrogens is 1. The summed E-state index contributed by atoms with van der Waals surface area (Å²) >= 11 is 0. The number of rotatable bonds is 3. The first-order chi connectivity index (χ1) is 8.31. The lowest BCUT2D eigenvalue weighted by atomic mass is 10.0. The van der Waals surface area contributed by atoms with E-state index < -0.39 is 0 Å². The molecule has 0 amide bonds. The van der Waals surface area contributed by atoms with E-state index in [4.69, 9.17) is 0 Å². The Bertz CT molecular complexity index is 384. The number of hydrogen-bond donors (Lipinski definition) is 3. The molecule has 3 N–H and O–H groups in total. The Kier molecular flexibility index (Phi) is 3.98. The lowest BCUT2D eigenvalue weighted by Crippen LogP contribution is -2.47. The number of aromatic hydroxyl groups is 1. The van der Waals surface area contributed by atoms with Crippen molar-refractivity contribution in [2.75, 3.05) is 13.1 Å². The maximum absolute atomic E-state index is 10.9. The summed E-state index contributed by atoms with van der Waals surface area (Å²) in [7, 11) is 0. The van der Waals surface area contributed by atoms with Crippen LogP contribution in [0.5, 0.6) is 5.75 Å². The molecule has 0 radical (unpaired) electrons. The van der Waals surface area contributed by atoms with Crippen molar-refractivity contribution in [3.63, 3.8) is 0 Å². The average molecular weight is 234 g/mol. The van der Waals surface area contributed by atoms with Crippen LogP contribution in [0.25, 0.3) is 0 Å². The molecule has 90 valence electrons. The lowest BCUT2D eigenvalue weighted by molar-refractivity contribution is 0.426. The highest BCUT2D eigenvalue weighted by molar-refractivity contribution is 5.60. The second-order valence-corrected chi connectivity index (χ2v) is 4.14. The summed E-state index contributed by atoms with van der Waals surface area (Å²) < 4.78 is 0. The second-order valence-electron chi connectivity index (χ2n) is 4.14. The highest BCUT2D eigenvalue weighted by Crippen LogP contribution is 2.15. The zero-order valence-corrected chi connectivity index (χ0v) is 9.52. The van der Waals surface area contributed by atoms with Gasteiger partial charge in [-0.3, -0.25) is 10.3 Å². The highest BCUT2D eigenvalue weighted by Gasteiger charge is 2.34. The van der Waals surface area contributed by atoms with E-state index in [0.29, 0.717) is 12.1 Å². The minimum absolute atomic E-state index is 0.0733. The van der Waals surface area contributed by atoms with Crippen molar-refractivity contribution in [3.8, 4) is 5.75 Å². The van der Waals surface area contributed by atoms with Gasteiger partial charge in [0.25, 0.3) is 6.04 Å². The van der Waals surface area contributed by atoms with Gasteiger partial charge >= 0.3 is 6.29 Å². The average Bonchev–Trinajstić information content (AvgIpc) is 2.57. The van der Waals surface area contributed by atoms with Gasteiger partial charge in [0.2, 0.25) is 0 Å². The van der Waals surface area contributed by atoms with Crippen LogP contribution in [0.2, 0.25) is 0 Å². The first kappa shape index (κ1) is 11.9. The molecule has 0 aliphatic carbocycles. The van der Waals surface area contributed by atoms with Gasteiger partial charge in [-0.2, -0.15) is 0 Å². The monoisotopic (exact) mass is 234 g/mol. The predicted molar refractivity (Wildman–Crippen MR) is 63.5 cm³/mol. The van der Waals surface area contributed by atoms with E-state index in [1.807, 2.05) is 6.29 Å². The Morgan fingerprint density at radius 2 is 2.29 bits per heavy atom. The molecule has 1 aromatic heterocycles. The largest absolute Gasteiger partial charge is 0.528 e. The minimum atomic E-state index is -0.348.